The van der Waals surface area contributed by atoms with Crippen LogP contribution in [0.5, 0.6) is 0 Å². The van der Waals surface area contributed by atoms with Crippen LogP contribution in [-0.4, -0.2) is 22.6 Å². The molecule has 0 aliphatic carbocycles. The van der Waals surface area contributed by atoms with Gasteiger partial charge >= 0.3 is 5.69 Å². The van der Waals surface area contributed by atoms with Gasteiger partial charge in [-0.3, -0.25) is 14.3 Å². The smallest absolute Gasteiger partial charge is 0.328 e. The number of anilines is 1. The van der Waals surface area contributed by atoms with Gasteiger partial charge in [0.05, 0.1) is 0 Å². The summed E-state index contributed by atoms with van der Waals surface area (Å²) in [5.74, 6) is 0. The third kappa shape index (κ3) is 1.94. The first kappa shape index (κ1) is 9.97. The number of aromatic amines is 1. The first-order chi connectivity index (χ1) is 7.18. The molecule has 0 bridgehead atoms. The maximum Gasteiger partial charge on any atom is 0.328 e. The summed E-state index contributed by atoms with van der Waals surface area (Å²) >= 11 is 0. The number of H-pyrrole nitrogens is 1. The molecule has 0 atom stereocenters. The van der Waals surface area contributed by atoms with E-state index in [9.17, 15) is 9.59 Å². The van der Waals surface area contributed by atoms with E-state index in [4.69, 9.17) is 5.73 Å². The van der Waals surface area contributed by atoms with Crippen molar-refractivity contribution in [2.75, 3.05) is 18.8 Å². The second-order valence-corrected chi connectivity index (χ2v) is 3.73. The molecule has 0 unspecified atom stereocenters. The molecule has 1 saturated heterocycles. The molecule has 1 aromatic heterocycles. The van der Waals surface area contributed by atoms with Gasteiger partial charge in [-0.1, -0.05) is 0 Å². The molecular weight excluding hydrogens is 196 g/mol. The molecule has 6 nitrogen and oxygen atoms in total. The van der Waals surface area contributed by atoms with Gasteiger partial charge < -0.3 is 11.1 Å². The minimum atomic E-state index is -0.509. The van der Waals surface area contributed by atoms with Crippen LogP contribution in [0.15, 0.2) is 15.8 Å². The monoisotopic (exact) mass is 210 g/mol. The molecular formula is C9H14N4O2. The summed E-state index contributed by atoms with van der Waals surface area (Å²) in [7, 11) is 0. The van der Waals surface area contributed by atoms with Crippen molar-refractivity contribution in [1.29, 1.82) is 0 Å². The van der Waals surface area contributed by atoms with Crippen molar-refractivity contribution in [2.24, 2.45) is 0 Å². The number of piperidine rings is 1. The Kier molecular flexibility index (Phi) is 2.59. The Balaban J connectivity index is 2.39. The molecule has 4 N–H and O–H groups in total. The normalized spacial score (nSPS) is 17.9. The number of aromatic nitrogens is 2. The average molecular weight is 210 g/mol. The Labute approximate surface area is 86.1 Å². The molecule has 2 heterocycles. The van der Waals surface area contributed by atoms with Crippen LogP contribution in [0.2, 0.25) is 0 Å². The predicted molar refractivity (Wildman–Crippen MR) is 56.9 cm³/mol. The fourth-order valence-corrected chi connectivity index (χ4v) is 1.86. The van der Waals surface area contributed by atoms with Gasteiger partial charge in [0.25, 0.3) is 5.56 Å². The molecule has 0 spiro atoms. The molecule has 1 aromatic rings. The van der Waals surface area contributed by atoms with Crippen LogP contribution in [0.25, 0.3) is 0 Å². The average Bonchev–Trinajstić information content (AvgIpc) is 2.25. The van der Waals surface area contributed by atoms with Crippen molar-refractivity contribution in [2.45, 2.75) is 18.9 Å². The van der Waals surface area contributed by atoms with Crippen LogP contribution in [0.4, 0.5) is 5.69 Å². The first-order valence-corrected chi connectivity index (χ1v) is 5.00. The van der Waals surface area contributed by atoms with Crippen molar-refractivity contribution in [1.82, 2.24) is 14.9 Å². The zero-order valence-corrected chi connectivity index (χ0v) is 8.32. The number of hydrogen-bond acceptors (Lipinski definition) is 4. The summed E-state index contributed by atoms with van der Waals surface area (Å²) < 4.78 is 1.53. The topological polar surface area (TPSA) is 92.9 Å². The number of nitrogens with two attached hydrogens (primary N) is 1. The van der Waals surface area contributed by atoms with Crippen molar-refractivity contribution >= 4 is 5.69 Å². The van der Waals surface area contributed by atoms with Crippen LogP contribution < -0.4 is 22.3 Å². The summed E-state index contributed by atoms with van der Waals surface area (Å²) in [6, 6.07) is 0.137. The lowest BCUT2D eigenvalue weighted by atomic mass is 10.1. The highest BCUT2D eigenvalue weighted by atomic mass is 16.2. The molecule has 0 aromatic carbocycles. The van der Waals surface area contributed by atoms with Crippen LogP contribution in [0, 0.1) is 0 Å². The third-order valence-electron chi connectivity index (χ3n) is 2.70. The van der Waals surface area contributed by atoms with Crippen LogP contribution >= 0.6 is 0 Å². The van der Waals surface area contributed by atoms with Crippen molar-refractivity contribution in [3.63, 3.8) is 0 Å². The number of rotatable bonds is 1. The summed E-state index contributed by atoms with van der Waals surface area (Å²) in [5.41, 5.74) is 4.68. The van der Waals surface area contributed by atoms with Crippen molar-refractivity contribution < 1.29 is 0 Å². The Hall–Kier alpha value is -1.56. The number of nitrogens with zero attached hydrogens (tertiary/aromatic N) is 1. The number of nitrogen functional groups attached to an aromatic ring is 1. The zero-order valence-electron chi connectivity index (χ0n) is 8.32. The molecule has 1 fully saturated rings. The van der Waals surface area contributed by atoms with Gasteiger partial charge in [0, 0.05) is 12.2 Å². The predicted octanol–water partition coefficient (Wildman–Crippen LogP) is -0.957. The molecule has 0 saturated carbocycles. The summed E-state index contributed by atoms with van der Waals surface area (Å²) in [6.45, 7) is 1.77. The van der Waals surface area contributed by atoms with Gasteiger partial charge in [-0.2, -0.15) is 0 Å². The maximum atomic E-state index is 11.5. The van der Waals surface area contributed by atoms with Gasteiger partial charge in [-0.25, -0.2) is 4.79 Å². The Morgan fingerprint density at radius 1 is 1.33 bits per heavy atom. The lowest BCUT2D eigenvalue weighted by molar-refractivity contribution is 0.357. The van der Waals surface area contributed by atoms with Gasteiger partial charge in [-0.15, -0.1) is 0 Å². The number of hydrogen-bond donors (Lipinski definition) is 3. The Bertz CT molecular complexity index is 456. The Morgan fingerprint density at radius 3 is 2.67 bits per heavy atom. The van der Waals surface area contributed by atoms with E-state index in [-0.39, 0.29) is 17.4 Å². The van der Waals surface area contributed by atoms with Crippen molar-refractivity contribution in [3.05, 3.63) is 27.0 Å². The summed E-state index contributed by atoms with van der Waals surface area (Å²) in [4.78, 5) is 24.8. The minimum absolute atomic E-state index is 0.0909. The molecule has 1 aliphatic heterocycles. The maximum absolute atomic E-state index is 11.5. The molecule has 15 heavy (non-hydrogen) atoms. The van der Waals surface area contributed by atoms with Crippen LogP contribution in [0.1, 0.15) is 18.9 Å². The zero-order chi connectivity index (χ0) is 10.8. The first-order valence-electron chi connectivity index (χ1n) is 5.00. The van der Waals surface area contributed by atoms with Crippen LogP contribution in [0.3, 0.4) is 0 Å². The molecule has 6 heteroatoms. The standard InChI is InChI=1S/C9H14N4O2/c10-7-5-13(9(15)12-8(7)14)6-1-3-11-4-2-6/h5-6,11H,1-4,10H2,(H,12,14,15). The van der Waals surface area contributed by atoms with E-state index in [0.717, 1.165) is 25.9 Å². The SMILES string of the molecule is Nc1cn(C2CCNCC2)c(=O)[nH]c1=O. The Morgan fingerprint density at radius 2 is 2.00 bits per heavy atom. The molecule has 1 aliphatic rings. The van der Waals surface area contributed by atoms with E-state index in [0.29, 0.717) is 0 Å². The second kappa shape index (κ2) is 3.90. The highest BCUT2D eigenvalue weighted by Gasteiger charge is 2.16. The molecule has 2 rings (SSSR count). The van der Waals surface area contributed by atoms with E-state index in [1.165, 1.54) is 10.8 Å². The van der Waals surface area contributed by atoms with Gasteiger partial charge in [-0.05, 0) is 25.9 Å². The van der Waals surface area contributed by atoms with Gasteiger partial charge in [0.1, 0.15) is 5.69 Å². The largest absolute Gasteiger partial charge is 0.393 e. The lowest BCUT2D eigenvalue weighted by Gasteiger charge is -2.24. The molecule has 0 radical (unpaired) electrons. The van der Waals surface area contributed by atoms with Gasteiger partial charge in [0.15, 0.2) is 0 Å². The molecule has 82 valence electrons. The van der Waals surface area contributed by atoms with E-state index in [2.05, 4.69) is 10.3 Å². The van der Waals surface area contributed by atoms with Gasteiger partial charge in [0.2, 0.25) is 0 Å². The summed E-state index contributed by atoms with van der Waals surface area (Å²) in [6.07, 6.45) is 3.20. The fourth-order valence-electron chi connectivity index (χ4n) is 1.86. The van der Waals surface area contributed by atoms with E-state index >= 15 is 0 Å². The van der Waals surface area contributed by atoms with E-state index < -0.39 is 5.56 Å². The fraction of sp³-hybridized carbons (Fsp3) is 0.556. The highest BCUT2D eigenvalue weighted by Crippen LogP contribution is 2.15. The van der Waals surface area contributed by atoms with Crippen molar-refractivity contribution in [3.8, 4) is 0 Å². The second-order valence-electron chi connectivity index (χ2n) is 3.73. The minimum Gasteiger partial charge on any atom is -0.393 e. The summed E-state index contributed by atoms with van der Waals surface area (Å²) in [5, 5.41) is 3.21. The number of nitrogens with one attached hydrogen (secondary N) is 2. The van der Waals surface area contributed by atoms with E-state index in [1.54, 1.807) is 0 Å². The van der Waals surface area contributed by atoms with E-state index in [1.807, 2.05) is 0 Å². The quantitative estimate of drug-likeness (QED) is 0.556. The van der Waals surface area contributed by atoms with Crippen LogP contribution in [-0.2, 0) is 0 Å². The lowest BCUT2D eigenvalue weighted by Crippen LogP contribution is -2.37. The molecule has 0 amide bonds. The third-order valence-corrected chi connectivity index (χ3v) is 2.70. The highest BCUT2D eigenvalue weighted by molar-refractivity contribution is 5.30.